The van der Waals surface area contributed by atoms with Crippen molar-refractivity contribution in [2.75, 3.05) is 33.3 Å². The van der Waals surface area contributed by atoms with Gasteiger partial charge in [0, 0.05) is 37.5 Å². The molecule has 1 atom stereocenters. The molecule has 1 aromatic heterocycles. The highest BCUT2D eigenvalue weighted by molar-refractivity contribution is 7.09. The summed E-state index contributed by atoms with van der Waals surface area (Å²) in [5, 5.41) is 7.09. The van der Waals surface area contributed by atoms with Gasteiger partial charge in [-0.3, -0.25) is 0 Å². The molecule has 2 heterocycles. The van der Waals surface area contributed by atoms with E-state index in [0.29, 0.717) is 6.10 Å². The topological polar surface area (TPSA) is 37.4 Å². The molecule has 21 heavy (non-hydrogen) atoms. The molecule has 0 bridgehead atoms. The van der Waals surface area contributed by atoms with Gasteiger partial charge in [0.05, 0.1) is 23.4 Å². The Hall–Kier alpha value is -0.490. The first-order valence-electron chi connectivity index (χ1n) is 8.26. The lowest BCUT2D eigenvalue weighted by molar-refractivity contribution is -0.0182. The second-order valence-corrected chi connectivity index (χ2v) is 7.29. The minimum atomic E-state index is 0.320. The summed E-state index contributed by atoms with van der Waals surface area (Å²) >= 11 is 1.85. The Morgan fingerprint density at radius 2 is 2.24 bits per heavy atom. The molecule has 1 aliphatic carbocycles. The summed E-state index contributed by atoms with van der Waals surface area (Å²) in [7, 11) is 2.16. The zero-order valence-corrected chi connectivity index (χ0v) is 13.8. The molecule has 1 saturated heterocycles. The van der Waals surface area contributed by atoms with Gasteiger partial charge in [-0.2, -0.15) is 0 Å². The van der Waals surface area contributed by atoms with Gasteiger partial charge in [0.15, 0.2) is 0 Å². The van der Waals surface area contributed by atoms with Crippen LogP contribution in [0.1, 0.15) is 48.7 Å². The molecule has 1 aliphatic heterocycles. The van der Waals surface area contributed by atoms with Crippen LogP contribution in [0.15, 0.2) is 5.38 Å². The standard InChI is InChI=1S/C16H27N3OS/c1-19-7-8-20-15(11-19)10-17-9-14-12-21-16(18-14)13-5-3-2-4-6-13/h12-13,15,17H,2-11H2,1H3/t15-/m0/s1. The van der Waals surface area contributed by atoms with Crippen LogP contribution in [0.4, 0.5) is 0 Å². The lowest BCUT2D eigenvalue weighted by atomic mass is 9.90. The number of likely N-dealkylation sites (N-methyl/N-ethyl adjacent to an activating group) is 1. The predicted molar refractivity (Wildman–Crippen MR) is 86.9 cm³/mol. The minimum Gasteiger partial charge on any atom is -0.374 e. The Labute approximate surface area is 131 Å². The number of hydrogen-bond donors (Lipinski definition) is 1. The van der Waals surface area contributed by atoms with Crippen molar-refractivity contribution < 1.29 is 4.74 Å². The molecule has 0 spiro atoms. The number of aromatic nitrogens is 1. The maximum absolute atomic E-state index is 5.76. The molecule has 2 fully saturated rings. The number of rotatable bonds is 5. The molecule has 0 amide bonds. The summed E-state index contributed by atoms with van der Waals surface area (Å²) in [5.41, 5.74) is 1.20. The van der Waals surface area contributed by atoms with Crippen molar-refractivity contribution in [2.24, 2.45) is 0 Å². The van der Waals surface area contributed by atoms with Gasteiger partial charge in [0.1, 0.15) is 0 Å². The highest BCUT2D eigenvalue weighted by Gasteiger charge is 2.19. The Morgan fingerprint density at radius 3 is 3.05 bits per heavy atom. The van der Waals surface area contributed by atoms with Gasteiger partial charge in [-0.05, 0) is 19.9 Å². The van der Waals surface area contributed by atoms with Gasteiger partial charge in [-0.1, -0.05) is 19.3 Å². The molecule has 0 aromatic carbocycles. The van der Waals surface area contributed by atoms with Gasteiger partial charge < -0.3 is 15.0 Å². The molecule has 118 valence electrons. The van der Waals surface area contributed by atoms with E-state index in [1.165, 1.54) is 42.8 Å². The van der Waals surface area contributed by atoms with E-state index < -0.39 is 0 Å². The molecular weight excluding hydrogens is 282 g/mol. The largest absolute Gasteiger partial charge is 0.374 e. The summed E-state index contributed by atoms with van der Waals surface area (Å²) in [6.45, 7) is 4.71. The van der Waals surface area contributed by atoms with Gasteiger partial charge in [-0.15, -0.1) is 11.3 Å². The SMILES string of the molecule is CN1CCO[C@@H](CNCc2csc(C3CCCCC3)n2)C1. The van der Waals surface area contributed by atoms with Crippen LogP contribution in [0.25, 0.3) is 0 Å². The van der Waals surface area contributed by atoms with Gasteiger partial charge >= 0.3 is 0 Å². The van der Waals surface area contributed by atoms with Crippen LogP contribution in [0.2, 0.25) is 0 Å². The van der Waals surface area contributed by atoms with Crippen molar-refractivity contribution in [3.05, 3.63) is 16.1 Å². The van der Waals surface area contributed by atoms with E-state index in [4.69, 9.17) is 9.72 Å². The number of morpholine rings is 1. The minimum absolute atomic E-state index is 0.320. The number of nitrogens with zero attached hydrogens (tertiary/aromatic N) is 2. The molecule has 2 aliphatic rings. The summed E-state index contributed by atoms with van der Waals surface area (Å²) in [4.78, 5) is 7.17. The molecule has 5 heteroatoms. The average molecular weight is 309 g/mol. The molecule has 1 N–H and O–H groups in total. The lowest BCUT2D eigenvalue weighted by Gasteiger charge is -2.30. The first kappa shape index (κ1) is 15.4. The first-order chi connectivity index (χ1) is 10.3. The monoisotopic (exact) mass is 309 g/mol. The van der Waals surface area contributed by atoms with Crippen molar-refractivity contribution in [3.8, 4) is 0 Å². The quantitative estimate of drug-likeness (QED) is 0.907. The van der Waals surface area contributed by atoms with E-state index in [9.17, 15) is 0 Å². The summed E-state index contributed by atoms with van der Waals surface area (Å²) in [5.74, 6) is 0.729. The Morgan fingerprint density at radius 1 is 1.38 bits per heavy atom. The van der Waals surface area contributed by atoms with Crippen LogP contribution in [0, 0.1) is 0 Å². The number of nitrogens with one attached hydrogen (secondary N) is 1. The fourth-order valence-corrected chi connectivity index (χ4v) is 4.28. The van der Waals surface area contributed by atoms with E-state index >= 15 is 0 Å². The van der Waals surface area contributed by atoms with E-state index in [-0.39, 0.29) is 0 Å². The van der Waals surface area contributed by atoms with E-state index in [0.717, 1.165) is 38.7 Å². The normalized spacial score (nSPS) is 25.3. The summed E-state index contributed by atoms with van der Waals surface area (Å²) in [6.07, 6.45) is 7.16. The average Bonchev–Trinajstić information content (AvgIpc) is 2.97. The van der Waals surface area contributed by atoms with Crippen molar-refractivity contribution in [1.29, 1.82) is 0 Å². The first-order valence-corrected chi connectivity index (χ1v) is 9.14. The second kappa shape index (κ2) is 7.68. The van der Waals surface area contributed by atoms with Gasteiger partial charge in [-0.25, -0.2) is 4.98 Å². The molecule has 3 rings (SSSR count). The van der Waals surface area contributed by atoms with Gasteiger partial charge in [0.25, 0.3) is 0 Å². The second-order valence-electron chi connectivity index (χ2n) is 6.40. The third-order valence-corrected chi connectivity index (χ3v) is 5.60. The van der Waals surface area contributed by atoms with Crippen LogP contribution in [-0.4, -0.2) is 49.3 Å². The van der Waals surface area contributed by atoms with Crippen LogP contribution < -0.4 is 5.32 Å². The maximum atomic E-state index is 5.76. The number of thiazole rings is 1. The van der Waals surface area contributed by atoms with E-state index in [1.807, 2.05) is 11.3 Å². The molecular formula is C16H27N3OS. The molecule has 1 aromatic rings. The van der Waals surface area contributed by atoms with Crippen LogP contribution >= 0.6 is 11.3 Å². The van der Waals surface area contributed by atoms with Gasteiger partial charge in [0.2, 0.25) is 0 Å². The van der Waals surface area contributed by atoms with Crippen LogP contribution in [-0.2, 0) is 11.3 Å². The Bertz CT molecular complexity index is 431. The predicted octanol–water partition coefficient (Wildman–Crippen LogP) is 2.61. The highest BCUT2D eigenvalue weighted by Crippen LogP contribution is 2.34. The smallest absolute Gasteiger partial charge is 0.0959 e. The Kier molecular flexibility index (Phi) is 5.63. The zero-order valence-electron chi connectivity index (χ0n) is 13.0. The van der Waals surface area contributed by atoms with Crippen molar-refractivity contribution in [3.63, 3.8) is 0 Å². The molecule has 0 unspecified atom stereocenters. The van der Waals surface area contributed by atoms with E-state index in [1.54, 1.807) is 0 Å². The number of ether oxygens (including phenoxy) is 1. The Balaban J connectivity index is 1.42. The molecule has 4 nitrogen and oxygen atoms in total. The van der Waals surface area contributed by atoms with Crippen molar-refractivity contribution in [1.82, 2.24) is 15.2 Å². The fraction of sp³-hybridized carbons (Fsp3) is 0.812. The van der Waals surface area contributed by atoms with Crippen LogP contribution in [0.5, 0.6) is 0 Å². The summed E-state index contributed by atoms with van der Waals surface area (Å²) in [6, 6.07) is 0. The number of hydrogen-bond acceptors (Lipinski definition) is 5. The lowest BCUT2D eigenvalue weighted by Crippen LogP contribution is -2.44. The third kappa shape index (κ3) is 4.49. The molecule has 0 radical (unpaired) electrons. The third-order valence-electron chi connectivity index (χ3n) is 4.54. The zero-order chi connectivity index (χ0) is 14.5. The summed E-state index contributed by atoms with van der Waals surface area (Å²) < 4.78 is 5.76. The van der Waals surface area contributed by atoms with Crippen LogP contribution in [0.3, 0.4) is 0 Å². The van der Waals surface area contributed by atoms with Crippen molar-refractivity contribution in [2.45, 2.75) is 50.7 Å². The van der Waals surface area contributed by atoms with E-state index in [2.05, 4.69) is 22.6 Å². The maximum Gasteiger partial charge on any atom is 0.0959 e. The molecule has 1 saturated carbocycles. The van der Waals surface area contributed by atoms with Crippen molar-refractivity contribution >= 4 is 11.3 Å². The fourth-order valence-electron chi connectivity index (χ4n) is 3.29. The highest BCUT2D eigenvalue weighted by atomic mass is 32.1.